The summed E-state index contributed by atoms with van der Waals surface area (Å²) in [6.45, 7) is 2.27. The van der Waals surface area contributed by atoms with Crippen molar-refractivity contribution in [3.05, 3.63) is 53.6 Å². The minimum absolute atomic E-state index is 0.00480. The molecule has 0 spiro atoms. The van der Waals surface area contributed by atoms with Crippen molar-refractivity contribution in [2.24, 2.45) is 4.40 Å². The maximum Gasteiger partial charge on any atom is 0.257 e. The van der Waals surface area contributed by atoms with Crippen molar-refractivity contribution in [3.8, 4) is 5.75 Å². The smallest absolute Gasteiger partial charge is 0.257 e. The van der Waals surface area contributed by atoms with Crippen LogP contribution in [0.25, 0.3) is 0 Å². The summed E-state index contributed by atoms with van der Waals surface area (Å²) >= 11 is 1.27. The third-order valence-electron chi connectivity index (χ3n) is 4.69. The molecule has 1 amide bonds. The Morgan fingerprint density at radius 1 is 1.29 bits per heavy atom. The van der Waals surface area contributed by atoms with Gasteiger partial charge in [-0.1, -0.05) is 18.2 Å². The summed E-state index contributed by atoms with van der Waals surface area (Å²) in [7, 11) is -1.80. The summed E-state index contributed by atoms with van der Waals surface area (Å²) < 4.78 is 32.7. The second-order valence-corrected chi connectivity index (χ2v) is 9.30. The van der Waals surface area contributed by atoms with E-state index in [2.05, 4.69) is 9.71 Å². The number of benzene rings is 2. The van der Waals surface area contributed by atoms with E-state index < -0.39 is 10.0 Å². The van der Waals surface area contributed by atoms with Gasteiger partial charge in [-0.05, 0) is 43.0 Å². The molecule has 9 heteroatoms. The average molecular weight is 418 g/mol. The van der Waals surface area contributed by atoms with Crippen LogP contribution in [0.3, 0.4) is 0 Å². The predicted molar refractivity (Wildman–Crippen MR) is 110 cm³/mol. The molecule has 1 N–H and O–H groups in total. The van der Waals surface area contributed by atoms with Crippen molar-refractivity contribution in [3.63, 3.8) is 0 Å². The number of amides is 1. The summed E-state index contributed by atoms with van der Waals surface area (Å²) in [5, 5.41) is 3.43. The molecular formula is C19H19N3O4S2. The largest absolute Gasteiger partial charge is 0.496 e. The fraction of sp³-hybridized carbons (Fsp3) is 0.263. The Hall–Kier alpha value is -2.52. The van der Waals surface area contributed by atoms with Crippen molar-refractivity contribution in [2.45, 2.75) is 17.9 Å². The van der Waals surface area contributed by atoms with E-state index in [9.17, 15) is 13.2 Å². The van der Waals surface area contributed by atoms with Gasteiger partial charge in [0.1, 0.15) is 5.75 Å². The van der Waals surface area contributed by atoms with Gasteiger partial charge in [0, 0.05) is 22.6 Å². The summed E-state index contributed by atoms with van der Waals surface area (Å²) in [4.78, 5) is 15.4. The quantitative estimate of drug-likeness (QED) is 0.823. The number of anilines is 1. The van der Waals surface area contributed by atoms with Crippen LogP contribution < -0.4 is 15.0 Å². The topological polar surface area (TPSA) is 88.1 Å². The number of para-hydroxylation sites is 1. The summed E-state index contributed by atoms with van der Waals surface area (Å²) in [6, 6.07) is 12.7. The summed E-state index contributed by atoms with van der Waals surface area (Å²) in [5.41, 5.74) is 2.29. The fourth-order valence-corrected chi connectivity index (χ4v) is 5.55. The van der Waals surface area contributed by atoms with Gasteiger partial charge in [0.05, 0.1) is 24.6 Å². The van der Waals surface area contributed by atoms with E-state index in [1.54, 1.807) is 19.2 Å². The van der Waals surface area contributed by atoms with Crippen LogP contribution in [0, 0.1) is 0 Å². The second-order valence-electron chi connectivity index (χ2n) is 6.53. The van der Waals surface area contributed by atoms with E-state index in [4.69, 9.17) is 4.74 Å². The van der Waals surface area contributed by atoms with Crippen LogP contribution >= 0.6 is 11.8 Å². The third kappa shape index (κ3) is 3.47. The van der Waals surface area contributed by atoms with E-state index >= 15 is 0 Å². The lowest BCUT2D eigenvalue weighted by atomic mass is 10.1. The van der Waals surface area contributed by atoms with Crippen LogP contribution in [0.4, 0.5) is 5.69 Å². The first-order valence-corrected chi connectivity index (χ1v) is 11.2. The lowest BCUT2D eigenvalue weighted by Crippen LogP contribution is -2.35. The number of sulfonamides is 1. The van der Waals surface area contributed by atoms with E-state index in [0.29, 0.717) is 17.3 Å². The molecule has 0 aliphatic carbocycles. The zero-order valence-electron chi connectivity index (χ0n) is 15.4. The van der Waals surface area contributed by atoms with Crippen LogP contribution in [-0.2, 0) is 10.0 Å². The minimum Gasteiger partial charge on any atom is -0.496 e. The monoisotopic (exact) mass is 417 g/mol. The number of carbonyl (C=O) groups excluding carboxylic acids is 1. The van der Waals surface area contributed by atoms with Crippen molar-refractivity contribution < 1.29 is 17.9 Å². The minimum atomic E-state index is -3.40. The van der Waals surface area contributed by atoms with Gasteiger partial charge in [0.25, 0.3) is 15.9 Å². The number of amidine groups is 1. The highest BCUT2D eigenvalue weighted by Gasteiger charge is 2.33. The summed E-state index contributed by atoms with van der Waals surface area (Å²) in [6.07, 6.45) is 0. The molecule has 2 aromatic rings. The molecule has 0 fully saturated rings. The number of hydrogen-bond acceptors (Lipinski definition) is 6. The number of hydrogen-bond donors (Lipinski definition) is 1. The van der Waals surface area contributed by atoms with Crippen molar-refractivity contribution in [1.82, 2.24) is 5.32 Å². The molecule has 146 valence electrons. The second kappa shape index (κ2) is 7.14. The molecule has 1 atom stereocenters. The standard InChI is InChI=1S/C19H19N3O4S2/c1-12(14-5-3-4-6-16(14)26-2)20-18(23)13-7-8-15-17(11-13)27-19-21-28(24,25)10-9-22(15)19/h3-8,11-12H,9-10H2,1-2H3,(H,20,23). The van der Waals surface area contributed by atoms with Gasteiger partial charge < -0.3 is 15.0 Å². The molecule has 0 bridgehead atoms. The number of thioether (sulfide) groups is 1. The highest BCUT2D eigenvalue weighted by Crippen LogP contribution is 2.42. The first kappa shape index (κ1) is 18.8. The molecule has 2 aliphatic rings. The number of nitrogens with zero attached hydrogens (tertiary/aromatic N) is 2. The van der Waals surface area contributed by atoms with E-state index in [0.717, 1.165) is 21.9 Å². The van der Waals surface area contributed by atoms with Crippen molar-refractivity contribution in [2.75, 3.05) is 24.3 Å². The van der Waals surface area contributed by atoms with Crippen LogP contribution in [0.1, 0.15) is 28.9 Å². The van der Waals surface area contributed by atoms with Crippen LogP contribution in [-0.4, -0.2) is 38.9 Å². The molecule has 2 aromatic carbocycles. The molecule has 0 aromatic heterocycles. The first-order valence-electron chi connectivity index (χ1n) is 8.74. The number of carbonyl (C=O) groups is 1. The number of nitrogens with one attached hydrogen (secondary N) is 1. The molecule has 2 heterocycles. The first-order chi connectivity index (χ1) is 13.4. The Morgan fingerprint density at radius 2 is 2.07 bits per heavy atom. The highest BCUT2D eigenvalue weighted by atomic mass is 32.2. The molecule has 0 saturated carbocycles. The number of fused-ring (bicyclic) bond motifs is 3. The molecule has 2 aliphatic heterocycles. The van der Waals surface area contributed by atoms with E-state index in [-0.39, 0.29) is 17.7 Å². The lowest BCUT2D eigenvalue weighted by molar-refractivity contribution is 0.0939. The Labute approximate surface area is 167 Å². The molecule has 7 nitrogen and oxygen atoms in total. The van der Waals surface area contributed by atoms with Gasteiger partial charge in [-0.3, -0.25) is 4.79 Å². The van der Waals surface area contributed by atoms with Crippen molar-refractivity contribution >= 4 is 38.5 Å². The van der Waals surface area contributed by atoms with Crippen molar-refractivity contribution in [1.29, 1.82) is 0 Å². The zero-order chi connectivity index (χ0) is 19.9. The average Bonchev–Trinajstić information content (AvgIpc) is 3.02. The summed E-state index contributed by atoms with van der Waals surface area (Å²) in [5.74, 6) is 0.506. The highest BCUT2D eigenvalue weighted by molar-refractivity contribution is 8.15. The Balaban J connectivity index is 1.55. The zero-order valence-corrected chi connectivity index (χ0v) is 17.0. The molecule has 4 rings (SSSR count). The molecule has 1 unspecified atom stereocenters. The Kier molecular flexibility index (Phi) is 4.80. The van der Waals surface area contributed by atoms with Gasteiger partial charge in [-0.25, -0.2) is 8.42 Å². The number of ether oxygens (including phenoxy) is 1. The van der Waals surface area contributed by atoms with Gasteiger partial charge in [0.2, 0.25) is 0 Å². The van der Waals surface area contributed by atoms with Gasteiger partial charge in [0.15, 0.2) is 5.17 Å². The van der Waals surface area contributed by atoms with Gasteiger partial charge in [-0.2, -0.15) is 0 Å². The predicted octanol–water partition coefficient (Wildman–Crippen LogP) is 2.80. The van der Waals surface area contributed by atoms with Crippen LogP contribution in [0.15, 0.2) is 51.8 Å². The molecule has 0 saturated heterocycles. The fourth-order valence-electron chi connectivity index (χ4n) is 3.25. The Morgan fingerprint density at radius 3 is 2.86 bits per heavy atom. The van der Waals surface area contributed by atoms with Gasteiger partial charge in [-0.15, -0.1) is 4.40 Å². The van der Waals surface area contributed by atoms with Crippen LogP contribution in [0.5, 0.6) is 5.75 Å². The van der Waals surface area contributed by atoms with Crippen LogP contribution in [0.2, 0.25) is 0 Å². The SMILES string of the molecule is COc1ccccc1C(C)NC(=O)c1ccc2c(c1)SC1=NS(=O)(=O)CCN12. The van der Waals surface area contributed by atoms with E-state index in [1.807, 2.05) is 42.2 Å². The molecule has 0 radical (unpaired) electrons. The maximum absolute atomic E-state index is 12.7. The third-order valence-corrected chi connectivity index (χ3v) is 6.99. The normalized spacial score (nSPS) is 17.9. The maximum atomic E-state index is 12.7. The number of rotatable bonds is 4. The Bertz CT molecular complexity index is 1080. The van der Waals surface area contributed by atoms with E-state index in [1.165, 1.54) is 11.8 Å². The molecule has 28 heavy (non-hydrogen) atoms. The number of methoxy groups -OCH3 is 1. The lowest BCUT2D eigenvalue weighted by Gasteiger charge is -2.22. The van der Waals surface area contributed by atoms with Gasteiger partial charge >= 0.3 is 0 Å². The molecular weight excluding hydrogens is 398 g/mol.